The van der Waals surface area contributed by atoms with Gasteiger partial charge in [0.15, 0.2) is 5.82 Å². The van der Waals surface area contributed by atoms with Gasteiger partial charge in [-0.3, -0.25) is 0 Å². The molecule has 2 bridgehead atoms. The van der Waals surface area contributed by atoms with Gasteiger partial charge in [0, 0.05) is 17.8 Å². The maximum atomic E-state index is 5.92. The second kappa shape index (κ2) is 4.44. The maximum absolute atomic E-state index is 5.92. The predicted molar refractivity (Wildman–Crippen MR) is 81.6 cm³/mol. The number of hydrogen-bond donors (Lipinski definition) is 1. The minimum Gasteiger partial charge on any atom is -0.373 e. The van der Waals surface area contributed by atoms with E-state index in [9.17, 15) is 0 Å². The van der Waals surface area contributed by atoms with Gasteiger partial charge in [0.2, 0.25) is 0 Å². The van der Waals surface area contributed by atoms with Crippen LogP contribution in [0.2, 0.25) is 0 Å². The quantitative estimate of drug-likeness (QED) is 0.922. The van der Waals surface area contributed by atoms with Gasteiger partial charge < -0.3 is 10.1 Å². The molecule has 0 radical (unpaired) electrons. The molecule has 1 N–H and O–H groups in total. The number of fused-ring (bicyclic) bond motifs is 3. The van der Waals surface area contributed by atoms with Gasteiger partial charge >= 0.3 is 0 Å². The van der Waals surface area contributed by atoms with Gasteiger partial charge in [-0.2, -0.15) is 5.10 Å². The fourth-order valence-corrected chi connectivity index (χ4v) is 3.37. The average molecular weight is 286 g/mol. The monoisotopic (exact) mass is 286 g/mol. The number of nitrogens with one attached hydrogen (secondary N) is 1. The molecular formula is C16H22N4O. The SMILES string of the molecule is CC(C)(C)c1cc2c(NC3CC4CCC3O4)nccn2n1. The minimum atomic E-state index is 0.0405. The highest BCUT2D eigenvalue weighted by Gasteiger charge is 2.41. The molecule has 5 nitrogen and oxygen atoms in total. The van der Waals surface area contributed by atoms with Gasteiger partial charge in [-0.25, -0.2) is 9.50 Å². The van der Waals surface area contributed by atoms with Crippen LogP contribution in [0.15, 0.2) is 18.5 Å². The largest absolute Gasteiger partial charge is 0.373 e. The van der Waals surface area contributed by atoms with Crippen molar-refractivity contribution in [3.05, 3.63) is 24.2 Å². The van der Waals surface area contributed by atoms with Crippen LogP contribution in [-0.4, -0.2) is 32.8 Å². The number of anilines is 1. The van der Waals surface area contributed by atoms with Crippen LogP contribution >= 0.6 is 0 Å². The summed E-state index contributed by atoms with van der Waals surface area (Å²) in [5.74, 6) is 0.918. The molecule has 0 saturated carbocycles. The molecule has 4 heterocycles. The molecule has 3 atom stereocenters. The van der Waals surface area contributed by atoms with E-state index >= 15 is 0 Å². The van der Waals surface area contributed by atoms with Crippen LogP contribution in [0.25, 0.3) is 5.52 Å². The van der Waals surface area contributed by atoms with Crippen LogP contribution < -0.4 is 5.32 Å². The van der Waals surface area contributed by atoms with E-state index in [-0.39, 0.29) is 5.41 Å². The van der Waals surface area contributed by atoms with Crippen molar-refractivity contribution in [2.75, 3.05) is 5.32 Å². The molecule has 0 amide bonds. The van der Waals surface area contributed by atoms with E-state index in [0.717, 1.165) is 29.9 Å². The Bertz CT molecular complexity index is 672. The third kappa shape index (κ3) is 2.20. The number of ether oxygens (including phenoxy) is 1. The Morgan fingerprint density at radius 1 is 1.33 bits per heavy atom. The van der Waals surface area contributed by atoms with Crippen molar-refractivity contribution in [3.8, 4) is 0 Å². The molecule has 2 aromatic heterocycles. The molecule has 3 unspecified atom stereocenters. The summed E-state index contributed by atoms with van der Waals surface area (Å²) in [4.78, 5) is 4.52. The molecule has 5 heteroatoms. The Labute approximate surface area is 124 Å². The summed E-state index contributed by atoms with van der Waals surface area (Å²) in [5, 5.41) is 8.26. The van der Waals surface area contributed by atoms with Crippen LogP contribution in [0.1, 0.15) is 45.7 Å². The summed E-state index contributed by atoms with van der Waals surface area (Å²) >= 11 is 0. The highest BCUT2D eigenvalue weighted by atomic mass is 16.5. The molecule has 0 spiro atoms. The molecule has 2 saturated heterocycles. The van der Waals surface area contributed by atoms with Gasteiger partial charge in [-0.05, 0) is 25.3 Å². The summed E-state index contributed by atoms with van der Waals surface area (Å²) in [5.41, 5.74) is 2.17. The van der Waals surface area contributed by atoms with Crippen molar-refractivity contribution in [2.45, 2.75) is 63.7 Å². The van der Waals surface area contributed by atoms with Gasteiger partial charge in [0.1, 0.15) is 5.52 Å². The summed E-state index contributed by atoms with van der Waals surface area (Å²) in [6, 6.07) is 2.53. The molecule has 0 aromatic carbocycles. The van der Waals surface area contributed by atoms with Gasteiger partial charge in [0.25, 0.3) is 0 Å². The van der Waals surface area contributed by atoms with Crippen LogP contribution in [-0.2, 0) is 10.2 Å². The third-order valence-corrected chi connectivity index (χ3v) is 4.59. The van der Waals surface area contributed by atoms with Gasteiger partial charge in [-0.15, -0.1) is 0 Å². The smallest absolute Gasteiger partial charge is 0.152 e. The second-order valence-electron chi connectivity index (χ2n) is 7.25. The predicted octanol–water partition coefficient (Wildman–Crippen LogP) is 2.76. The lowest BCUT2D eigenvalue weighted by atomic mass is 9.92. The standard InChI is InChI=1S/C16H22N4O/c1-16(2,3)14-9-12-15(17-6-7-20(12)19-14)18-11-8-10-4-5-13(11)21-10/h6-7,9-11,13H,4-5,8H2,1-3H3,(H,17,18). The first kappa shape index (κ1) is 13.1. The first-order valence-corrected chi connectivity index (χ1v) is 7.77. The van der Waals surface area contributed by atoms with Crippen LogP contribution in [0.5, 0.6) is 0 Å². The Hall–Kier alpha value is -1.62. The van der Waals surface area contributed by atoms with Gasteiger partial charge in [-0.1, -0.05) is 20.8 Å². The fourth-order valence-electron chi connectivity index (χ4n) is 3.37. The summed E-state index contributed by atoms with van der Waals surface area (Å²) in [6.45, 7) is 6.54. The number of aromatic nitrogens is 3. The summed E-state index contributed by atoms with van der Waals surface area (Å²) in [6.07, 6.45) is 7.98. The molecule has 21 heavy (non-hydrogen) atoms. The van der Waals surface area contributed by atoms with E-state index in [4.69, 9.17) is 4.74 Å². The first-order valence-electron chi connectivity index (χ1n) is 7.77. The van der Waals surface area contributed by atoms with E-state index in [1.165, 1.54) is 6.42 Å². The van der Waals surface area contributed by atoms with Gasteiger partial charge in [0.05, 0.1) is 23.9 Å². The summed E-state index contributed by atoms with van der Waals surface area (Å²) in [7, 11) is 0. The molecule has 2 aliphatic heterocycles. The lowest BCUT2D eigenvalue weighted by Crippen LogP contribution is -2.31. The van der Waals surface area contributed by atoms with E-state index in [0.29, 0.717) is 18.2 Å². The fraction of sp³-hybridized carbons (Fsp3) is 0.625. The van der Waals surface area contributed by atoms with Crippen LogP contribution in [0, 0.1) is 0 Å². The van der Waals surface area contributed by atoms with Crippen molar-refractivity contribution in [1.29, 1.82) is 0 Å². The Kier molecular flexibility index (Phi) is 2.76. The molecule has 112 valence electrons. The molecular weight excluding hydrogens is 264 g/mol. The highest BCUT2D eigenvalue weighted by Crippen LogP contribution is 2.36. The van der Waals surface area contributed by atoms with E-state index < -0.39 is 0 Å². The Balaban J connectivity index is 1.67. The maximum Gasteiger partial charge on any atom is 0.152 e. The molecule has 0 aliphatic carbocycles. The molecule has 2 fully saturated rings. The number of rotatable bonds is 2. The number of nitrogens with zero attached hydrogens (tertiary/aromatic N) is 3. The van der Waals surface area contributed by atoms with E-state index in [2.05, 4.69) is 42.2 Å². The minimum absolute atomic E-state index is 0.0405. The zero-order valence-electron chi connectivity index (χ0n) is 12.8. The number of hydrogen-bond acceptors (Lipinski definition) is 4. The van der Waals surface area contributed by atoms with E-state index in [1.54, 1.807) is 0 Å². The average Bonchev–Trinajstić information content (AvgIpc) is 3.12. The molecule has 2 aliphatic rings. The van der Waals surface area contributed by atoms with Crippen molar-refractivity contribution in [2.24, 2.45) is 0 Å². The van der Waals surface area contributed by atoms with Crippen molar-refractivity contribution < 1.29 is 4.74 Å². The third-order valence-electron chi connectivity index (χ3n) is 4.59. The first-order chi connectivity index (χ1) is 10.0. The van der Waals surface area contributed by atoms with Crippen molar-refractivity contribution >= 4 is 11.3 Å². The second-order valence-corrected chi connectivity index (χ2v) is 7.25. The zero-order chi connectivity index (χ0) is 14.6. The van der Waals surface area contributed by atoms with Crippen molar-refractivity contribution in [3.63, 3.8) is 0 Å². The normalized spacial score (nSPS) is 28.4. The molecule has 4 rings (SSSR count). The van der Waals surface area contributed by atoms with Crippen LogP contribution in [0.4, 0.5) is 5.82 Å². The molecule has 2 aromatic rings. The lowest BCUT2D eigenvalue weighted by molar-refractivity contribution is 0.102. The van der Waals surface area contributed by atoms with E-state index in [1.807, 2.05) is 16.9 Å². The van der Waals surface area contributed by atoms with Crippen molar-refractivity contribution in [1.82, 2.24) is 14.6 Å². The summed E-state index contributed by atoms with van der Waals surface area (Å²) < 4.78 is 7.84. The Morgan fingerprint density at radius 2 is 2.19 bits per heavy atom. The zero-order valence-corrected chi connectivity index (χ0v) is 12.8. The topological polar surface area (TPSA) is 51.5 Å². The highest BCUT2D eigenvalue weighted by molar-refractivity contribution is 5.68. The Morgan fingerprint density at radius 3 is 2.86 bits per heavy atom. The lowest BCUT2D eigenvalue weighted by Gasteiger charge is -2.20. The van der Waals surface area contributed by atoms with Crippen LogP contribution in [0.3, 0.4) is 0 Å².